The first kappa shape index (κ1) is 14.5. The Morgan fingerprint density at radius 3 is 2.74 bits per heavy atom. The third kappa shape index (κ3) is 4.03. The maximum Gasteiger partial charge on any atom is 0.0663 e. The van der Waals surface area contributed by atoms with Crippen molar-refractivity contribution in [2.45, 2.75) is 50.9 Å². The fourth-order valence-corrected chi connectivity index (χ4v) is 2.80. The maximum atomic E-state index is 6.22. The van der Waals surface area contributed by atoms with Gasteiger partial charge in [-0.1, -0.05) is 24.3 Å². The van der Waals surface area contributed by atoms with Crippen molar-refractivity contribution in [3.8, 4) is 0 Å². The molecule has 19 heavy (non-hydrogen) atoms. The van der Waals surface area contributed by atoms with Crippen molar-refractivity contribution in [3.63, 3.8) is 0 Å². The molecule has 1 aromatic carbocycles. The molecule has 1 saturated carbocycles. The topological polar surface area (TPSA) is 44.5 Å². The van der Waals surface area contributed by atoms with Gasteiger partial charge in [-0.2, -0.15) is 0 Å². The number of ether oxygens (including phenoxy) is 2. The number of aryl methyl sites for hydroxylation is 1. The van der Waals surface area contributed by atoms with E-state index in [4.69, 9.17) is 15.2 Å². The molecule has 0 amide bonds. The van der Waals surface area contributed by atoms with Gasteiger partial charge < -0.3 is 15.2 Å². The molecule has 0 heterocycles. The summed E-state index contributed by atoms with van der Waals surface area (Å²) in [5.41, 5.74) is 8.64. The predicted molar refractivity (Wildman–Crippen MR) is 77.1 cm³/mol. The summed E-state index contributed by atoms with van der Waals surface area (Å²) in [6, 6.07) is 8.21. The van der Waals surface area contributed by atoms with E-state index in [0.717, 1.165) is 19.3 Å². The zero-order chi connectivity index (χ0) is 13.7. The molecule has 0 spiro atoms. The average Bonchev–Trinajstić information content (AvgIpc) is 2.45. The van der Waals surface area contributed by atoms with Gasteiger partial charge in [0.05, 0.1) is 24.9 Å². The number of nitrogens with two attached hydrogens (primary N) is 1. The summed E-state index contributed by atoms with van der Waals surface area (Å²) in [5, 5.41) is 0. The quantitative estimate of drug-likeness (QED) is 0.888. The Morgan fingerprint density at radius 1 is 1.26 bits per heavy atom. The van der Waals surface area contributed by atoms with Gasteiger partial charge in [-0.05, 0) is 43.7 Å². The average molecular weight is 263 g/mol. The van der Waals surface area contributed by atoms with Crippen molar-refractivity contribution in [3.05, 3.63) is 35.4 Å². The van der Waals surface area contributed by atoms with Gasteiger partial charge in [-0.15, -0.1) is 0 Å². The molecule has 3 unspecified atom stereocenters. The molecular formula is C16H25NO2. The lowest BCUT2D eigenvalue weighted by Crippen LogP contribution is -2.30. The standard InChI is InChI=1S/C16H25NO2/c1-12-6-3-4-9-15(12)16(17)11-19-14-8-5-7-13(10-14)18-2/h3-4,6,9,13-14,16H,5,7-8,10-11,17H2,1-2H3. The van der Waals surface area contributed by atoms with Crippen LogP contribution in [0.25, 0.3) is 0 Å². The van der Waals surface area contributed by atoms with Crippen molar-refractivity contribution in [2.24, 2.45) is 5.73 Å². The summed E-state index contributed by atoms with van der Waals surface area (Å²) >= 11 is 0. The molecule has 1 fully saturated rings. The summed E-state index contributed by atoms with van der Waals surface area (Å²) in [7, 11) is 1.78. The van der Waals surface area contributed by atoms with E-state index in [9.17, 15) is 0 Å². The molecule has 1 aliphatic rings. The maximum absolute atomic E-state index is 6.22. The molecule has 0 bridgehead atoms. The predicted octanol–water partition coefficient (Wildman–Crippen LogP) is 2.97. The van der Waals surface area contributed by atoms with Gasteiger partial charge in [-0.3, -0.25) is 0 Å². The van der Waals surface area contributed by atoms with Crippen molar-refractivity contribution in [1.29, 1.82) is 0 Å². The monoisotopic (exact) mass is 263 g/mol. The van der Waals surface area contributed by atoms with Crippen LogP contribution < -0.4 is 5.73 Å². The largest absolute Gasteiger partial charge is 0.381 e. The highest BCUT2D eigenvalue weighted by Crippen LogP contribution is 2.24. The Labute approximate surface area is 116 Å². The van der Waals surface area contributed by atoms with Crippen LogP contribution in [-0.4, -0.2) is 25.9 Å². The first-order valence-corrected chi connectivity index (χ1v) is 7.16. The lowest BCUT2D eigenvalue weighted by atomic mass is 9.94. The Morgan fingerprint density at radius 2 is 2.00 bits per heavy atom. The second kappa shape index (κ2) is 7.04. The van der Waals surface area contributed by atoms with Crippen LogP contribution >= 0.6 is 0 Å². The van der Waals surface area contributed by atoms with E-state index in [1.165, 1.54) is 17.5 Å². The third-order valence-electron chi connectivity index (χ3n) is 4.01. The molecule has 0 aromatic heterocycles. The number of benzene rings is 1. The lowest BCUT2D eigenvalue weighted by molar-refractivity contribution is -0.0333. The molecular weight excluding hydrogens is 238 g/mol. The fourth-order valence-electron chi connectivity index (χ4n) is 2.80. The highest BCUT2D eigenvalue weighted by atomic mass is 16.5. The zero-order valence-electron chi connectivity index (χ0n) is 12.0. The van der Waals surface area contributed by atoms with E-state index < -0.39 is 0 Å². The van der Waals surface area contributed by atoms with Crippen LogP contribution in [0.1, 0.15) is 42.9 Å². The van der Waals surface area contributed by atoms with Crippen molar-refractivity contribution in [1.82, 2.24) is 0 Å². The van der Waals surface area contributed by atoms with Gasteiger partial charge in [0.2, 0.25) is 0 Å². The minimum atomic E-state index is -0.0379. The van der Waals surface area contributed by atoms with Crippen molar-refractivity contribution in [2.75, 3.05) is 13.7 Å². The van der Waals surface area contributed by atoms with Gasteiger partial charge in [0.1, 0.15) is 0 Å². The first-order chi connectivity index (χ1) is 9.20. The van der Waals surface area contributed by atoms with Crippen LogP contribution in [0.4, 0.5) is 0 Å². The van der Waals surface area contributed by atoms with E-state index in [-0.39, 0.29) is 6.04 Å². The molecule has 3 heteroatoms. The van der Waals surface area contributed by atoms with Crippen LogP contribution in [0.3, 0.4) is 0 Å². The Kier molecular flexibility index (Phi) is 5.37. The van der Waals surface area contributed by atoms with E-state index >= 15 is 0 Å². The molecule has 3 atom stereocenters. The number of methoxy groups -OCH3 is 1. The van der Waals surface area contributed by atoms with Crippen LogP contribution in [0.2, 0.25) is 0 Å². The van der Waals surface area contributed by atoms with Gasteiger partial charge >= 0.3 is 0 Å². The SMILES string of the molecule is COC1CCCC(OCC(N)c2ccccc2C)C1. The number of hydrogen-bond acceptors (Lipinski definition) is 3. The van der Waals surface area contributed by atoms with Gasteiger partial charge in [0.25, 0.3) is 0 Å². The lowest BCUT2D eigenvalue weighted by Gasteiger charge is -2.29. The summed E-state index contributed by atoms with van der Waals surface area (Å²) < 4.78 is 11.4. The number of hydrogen-bond donors (Lipinski definition) is 1. The Bertz CT molecular complexity index is 394. The van der Waals surface area contributed by atoms with Crippen molar-refractivity contribution < 1.29 is 9.47 Å². The second-order valence-corrected chi connectivity index (χ2v) is 5.44. The third-order valence-corrected chi connectivity index (χ3v) is 4.01. The smallest absolute Gasteiger partial charge is 0.0663 e. The molecule has 2 N–H and O–H groups in total. The number of rotatable bonds is 5. The molecule has 0 aliphatic heterocycles. The van der Waals surface area contributed by atoms with E-state index in [0.29, 0.717) is 18.8 Å². The molecule has 2 rings (SSSR count). The molecule has 1 aromatic rings. The minimum absolute atomic E-state index is 0.0379. The Balaban J connectivity index is 1.83. The second-order valence-electron chi connectivity index (χ2n) is 5.44. The minimum Gasteiger partial charge on any atom is -0.381 e. The van der Waals surface area contributed by atoms with Crippen LogP contribution in [0.15, 0.2) is 24.3 Å². The van der Waals surface area contributed by atoms with Crippen LogP contribution in [0.5, 0.6) is 0 Å². The summed E-state index contributed by atoms with van der Waals surface area (Å²) in [4.78, 5) is 0. The fraction of sp³-hybridized carbons (Fsp3) is 0.625. The Hall–Kier alpha value is -0.900. The van der Waals surface area contributed by atoms with Crippen molar-refractivity contribution >= 4 is 0 Å². The van der Waals surface area contributed by atoms with Gasteiger partial charge in [0, 0.05) is 7.11 Å². The molecule has 106 valence electrons. The molecule has 3 nitrogen and oxygen atoms in total. The van der Waals surface area contributed by atoms with Gasteiger partial charge in [0.15, 0.2) is 0 Å². The van der Waals surface area contributed by atoms with E-state index in [2.05, 4.69) is 19.1 Å². The normalized spacial score (nSPS) is 25.2. The molecule has 1 aliphatic carbocycles. The van der Waals surface area contributed by atoms with Crippen LogP contribution in [0, 0.1) is 6.92 Å². The van der Waals surface area contributed by atoms with E-state index in [1.54, 1.807) is 7.11 Å². The van der Waals surface area contributed by atoms with E-state index in [1.807, 2.05) is 12.1 Å². The highest BCUT2D eigenvalue weighted by Gasteiger charge is 2.23. The molecule has 0 saturated heterocycles. The zero-order valence-corrected chi connectivity index (χ0v) is 12.0. The summed E-state index contributed by atoms with van der Waals surface area (Å²) in [6.45, 7) is 2.68. The summed E-state index contributed by atoms with van der Waals surface area (Å²) in [6.07, 6.45) is 5.11. The van der Waals surface area contributed by atoms with Crippen LogP contribution in [-0.2, 0) is 9.47 Å². The highest BCUT2D eigenvalue weighted by molar-refractivity contribution is 5.28. The van der Waals surface area contributed by atoms with Gasteiger partial charge in [-0.25, -0.2) is 0 Å². The summed E-state index contributed by atoms with van der Waals surface area (Å²) in [5.74, 6) is 0. The molecule has 0 radical (unpaired) electrons. The first-order valence-electron chi connectivity index (χ1n) is 7.16.